The SMILES string of the molecule is CN(c1ccc(C(=N)N)cc1)S(=O)(=O)c1cn[nH]c1. The first-order valence-corrected chi connectivity index (χ1v) is 6.79. The van der Waals surface area contributed by atoms with Crippen molar-refractivity contribution in [2.75, 3.05) is 11.4 Å². The first-order chi connectivity index (χ1) is 8.93. The van der Waals surface area contributed by atoms with Crippen molar-refractivity contribution < 1.29 is 8.42 Å². The molecule has 4 N–H and O–H groups in total. The van der Waals surface area contributed by atoms with E-state index in [4.69, 9.17) is 11.1 Å². The number of H-pyrrole nitrogens is 1. The van der Waals surface area contributed by atoms with E-state index in [1.165, 1.54) is 19.4 Å². The van der Waals surface area contributed by atoms with Crippen LogP contribution in [0.15, 0.2) is 41.6 Å². The predicted molar refractivity (Wildman–Crippen MR) is 71.6 cm³/mol. The lowest BCUT2D eigenvalue weighted by molar-refractivity contribution is 0.594. The Morgan fingerprint density at radius 2 is 2.00 bits per heavy atom. The fourth-order valence-electron chi connectivity index (χ4n) is 1.53. The number of nitrogens with two attached hydrogens (primary N) is 1. The second-order valence-electron chi connectivity index (χ2n) is 3.87. The van der Waals surface area contributed by atoms with E-state index < -0.39 is 10.0 Å². The fourth-order valence-corrected chi connectivity index (χ4v) is 2.63. The van der Waals surface area contributed by atoms with E-state index in [0.717, 1.165) is 4.31 Å². The number of sulfonamides is 1. The first-order valence-electron chi connectivity index (χ1n) is 5.35. The summed E-state index contributed by atoms with van der Waals surface area (Å²) in [6.07, 6.45) is 2.56. The van der Waals surface area contributed by atoms with Gasteiger partial charge in [0.1, 0.15) is 10.7 Å². The van der Waals surface area contributed by atoms with Crippen molar-refractivity contribution in [3.63, 3.8) is 0 Å². The van der Waals surface area contributed by atoms with Crippen molar-refractivity contribution in [1.29, 1.82) is 5.41 Å². The van der Waals surface area contributed by atoms with Gasteiger partial charge in [0.2, 0.25) is 0 Å². The monoisotopic (exact) mass is 279 g/mol. The van der Waals surface area contributed by atoms with Crippen LogP contribution in [-0.4, -0.2) is 31.5 Å². The maximum atomic E-state index is 12.2. The molecule has 7 nitrogen and oxygen atoms in total. The van der Waals surface area contributed by atoms with E-state index in [2.05, 4.69) is 10.2 Å². The van der Waals surface area contributed by atoms with Crippen molar-refractivity contribution in [3.8, 4) is 0 Å². The highest BCUT2D eigenvalue weighted by Gasteiger charge is 2.22. The number of aromatic nitrogens is 2. The number of nitrogens with one attached hydrogen (secondary N) is 2. The zero-order chi connectivity index (χ0) is 14.0. The third-order valence-electron chi connectivity index (χ3n) is 2.67. The number of hydrogen-bond donors (Lipinski definition) is 3. The molecule has 0 fully saturated rings. The smallest absolute Gasteiger partial charge is 0.267 e. The zero-order valence-corrected chi connectivity index (χ0v) is 11.0. The summed E-state index contributed by atoms with van der Waals surface area (Å²) in [7, 11) is -2.18. The molecule has 19 heavy (non-hydrogen) atoms. The minimum atomic E-state index is -3.63. The number of aromatic amines is 1. The molecule has 8 heteroatoms. The molecule has 100 valence electrons. The highest BCUT2D eigenvalue weighted by atomic mass is 32.2. The average Bonchev–Trinajstić information content (AvgIpc) is 2.92. The predicted octanol–water partition coefficient (Wildman–Crippen LogP) is 0.519. The topological polar surface area (TPSA) is 116 Å². The van der Waals surface area contributed by atoms with E-state index >= 15 is 0 Å². The van der Waals surface area contributed by atoms with Gasteiger partial charge in [-0.25, -0.2) is 8.42 Å². The van der Waals surface area contributed by atoms with E-state index in [9.17, 15) is 8.42 Å². The van der Waals surface area contributed by atoms with Gasteiger partial charge in [0.15, 0.2) is 0 Å². The fraction of sp³-hybridized carbons (Fsp3) is 0.0909. The van der Waals surface area contributed by atoms with Gasteiger partial charge in [-0.1, -0.05) is 0 Å². The number of anilines is 1. The number of nitrogens with zero attached hydrogens (tertiary/aromatic N) is 2. The number of benzene rings is 1. The van der Waals surface area contributed by atoms with Gasteiger partial charge < -0.3 is 5.73 Å². The maximum Gasteiger partial charge on any atom is 0.267 e. The molecular weight excluding hydrogens is 266 g/mol. The van der Waals surface area contributed by atoms with Crippen LogP contribution in [0.3, 0.4) is 0 Å². The molecule has 0 radical (unpaired) electrons. The van der Waals surface area contributed by atoms with E-state index in [1.54, 1.807) is 24.3 Å². The molecular formula is C11H13N5O2S. The van der Waals surface area contributed by atoms with Crippen molar-refractivity contribution >= 4 is 21.5 Å². The summed E-state index contributed by atoms with van der Waals surface area (Å²) in [5.41, 5.74) is 6.36. The van der Waals surface area contributed by atoms with Gasteiger partial charge in [0.05, 0.1) is 11.9 Å². The van der Waals surface area contributed by atoms with Crippen LogP contribution in [0.1, 0.15) is 5.56 Å². The Hall–Kier alpha value is -2.35. The number of nitrogen functional groups attached to an aromatic ring is 1. The lowest BCUT2D eigenvalue weighted by atomic mass is 10.2. The standard InChI is InChI=1S/C11H13N5O2S/c1-16(19(17,18)10-6-14-15-7-10)9-4-2-8(3-5-9)11(12)13/h2-7H,1H3,(H3,12,13)(H,14,15). The van der Waals surface area contributed by atoms with Crippen molar-refractivity contribution in [2.45, 2.75) is 4.90 Å². The molecule has 0 aliphatic heterocycles. The van der Waals surface area contributed by atoms with Gasteiger partial charge in [0, 0.05) is 18.8 Å². The van der Waals surface area contributed by atoms with E-state index in [1.807, 2.05) is 0 Å². The second kappa shape index (κ2) is 4.73. The summed E-state index contributed by atoms with van der Waals surface area (Å²) in [5, 5.41) is 13.4. The lowest BCUT2D eigenvalue weighted by Crippen LogP contribution is -2.26. The summed E-state index contributed by atoms with van der Waals surface area (Å²) >= 11 is 0. The molecule has 0 saturated carbocycles. The molecule has 0 bridgehead atoms. The van der Waals surface area contributed by atoms with Crippen LogP contribution < -0.4 is 10.0 Å². The average molecular weight is 279 g/mol. The van der Waals surface area contributed by atoms with Gasteiger partial charge in [-0.05, 0) is 24.3 Å². The zero-order valence-electron chi connectivity index (χ0n) is 10.2. The van der Waals surface area contributed by atoms with E-state index in [0.29, 0.717) is 11.3 Å². The number of rotatable bonds is 4. The largest absolute Gasteiger partial charge is 0.384 e. The van der Waals surface area contributed by atoms with E-state index in [-0.39, 0.29) is 10.7 Å². The summed E-state index contributed by atoms with van der Waals surface area (Å²) < 4.78 is 25.6. The molecule has 0 saturated heterocycles. The summed E-state index contributed by atoms with van der Waals surface area (Å²) in [6.45, 7) is 0. The highest BCUT2D eigenvalue weighted by Crippen LogP contribution is 2.21. The molecule has 0 unspecified atom stereocenters. The number of amidine groups is 1. The molecule has 0 aliphatic rings. The Labute approximate surface area is 110 Å². The third kappa shape index (κ3) is 2.43. The normalized spacial score (nSPS) is 11.2. The first kappa shape index (κ1) is 13.1. The van der Waals surface area contributed by atoms with Crippen LogP contribution >= 0.6 is 0 Å². The summed E-state index contributed by atoms with van der Waals surface area (Å²) in [5.74, 6) is -0.0631. The van der Waals surface area contributed by atoms with Crippen molar-refractivity contribution in [2.24, 2.45) is 5.73 Å². The second-order valence-corrected chi connectivity index (χ2v) is 5.84. The summed E-state index contributed by atoms with van der Waals surface area (Å²) in [4.78, 5) is 0.0886. The van der Waals surface area contributed by atoms with Gasteiger partial charge in [-0.15, -0.1) is 0 Å². The van der Waals surface area contributed by atoms with Crippen LogP contribution in [0.2, 0.25) is 0 Å². The van der Waals surface area contributed by atoms with Crippen LogP contribution in [0, 0.1) is 5.41 Å². The molecule has 0 atom stereocenters. The van der Waals surface area contributed by atoms with Crippen LogP contribution in [0.4, 0.5) is 5.69 Å². The Morgan fingerprint density at radius 1 is 1.37 bits per heavy atom. The van der Waals surface area contributed by atoms with Crippen LogP contribution in [-0.2, 0) is 10.0 Å². The third-order valence-corrected chi connectivity index (χ3v) is 4.42. The van der Waals surface area contributed by atoms with Crippen molar-refractivity contribution in [1.82, 2.24) is 10.2 Å². The summed E-state index contributed by atoms with van der Waals surface area (Å²) in [6, 6.07) is 6.38. The molecule has 2 aromatic rings. The lowest BCUT2D eigenvalue weighted by Gasteiger charge is -2.18. The quantitative estimate of drug-likeness (QED) is 0.558. The molecule has 1 heterocycles. The Morgan fingerprint density at radius 3 is 2.47 bits per heavy atom. The Kier molecular flexibility index (Phi) is 3.26. The molecule has 2 rings (SSSR count). The minimum absolute atomic E-state index is 0.0631. The van der Waals surface area contributed by atoms with Gasteiger partial charge >= 0.3 is 0 Å². The van der Waals surface area contributed by atoms with Crippen molar-refractivity contribution in [3.05, 3.63) is 42.2 Å². The van der Waals surface area contributed by atoms with Crippen LogP contribution in [0.25, 0.3) is 0 Å². The minimum Gasteiger partial charge on any atom is -0.384 e. The Balaban J connectivity index is 2.34. The van der Waals surface area contributed by atoms with Gasteiger partial charge in [-0.2, -0.15) is 5.10 Å². The molecule has 1 aromatic carbocycles. The van der Waals surface area contributed by atoms with Gasteiger partial charge in [0.25, 0.3) is 10.0 Å². The van der Waals surface area contributed by atoms with Gasteiger partial charge in [-0.3, -0.25) is 14.8 Å². The molecule has 0 aliphatic carbocycles. The maximum absolute atomic E-state index is 12.2. The van der Waals surface area contributed by atoms with Crippen LogP contribution in [0.5, 0.6) is 0 Å². The highest BCUT2D eigenvalue weighted by molar-refractivity contribution is 7.92. The molecule has 0 amide bonds. The number of hydrogen-bond acceptors (Lipinski definition) is 4. The molecule has 1 aromatic heterocycles. The molecule has 0 spiro atoms. The Bertz CT molecular complexity index is 676.